The molecule has 23 heavy (non-hydrogen) atoms. The number of fused-ring (bicyclic) bond motifs is 1. The molecule has 1 unspecified atom stereocenters. The Morgan fingerprint density at radius 3 is 2.43 bits per heavy atom. The number of aliphatic imine (C=N–C) groups is 2. The Hall–Kier alpha value is -2.24. The number of carbonyl (C=O) groups is 1. The van der Waals surface area contributed by atoms with Gasteiger partial charge in [0.05, 0.1) is 5.92 Å². The molecule has 1 atom stereocenters. The van der Waals surface area contributed by atoms with Gasteiger partial charge in [0.15, 0.2) is 0 Å². The van der Waals surface area contributed by atoms with Crippen LogP contribution in [0.25, 0.3) is 0 Å². The SMILES string of the molecule is O=C1N=C(N2CCN(c3ccc(F)cc3)CC2)N=C2CCCC12. The van der Waals surface area contributed by atoms with Crippen molar-refractivity contribution in [1.82, 2.24) is 4.90 Å². The van der Waals surface area contributed by atoms with E-state index in [4.69, 9.17) is 0 Å². The summed E-state index contributed by atoms with van der Waals surface area (Å²) < 4.78 is 13.0. The first-order chi connectivity index (χ1) is 11.2. The van der Waals surface area contributed by atoms with Crippen LogP contribution < -0.4 is 4.90 Å². The molecular formula is C17H19FN4O. The predicted molar refractivity (Wildman–Crippen MR) is 87.4 cm³/mol. The summed E-state index contributed by atoms with van der Waals surface area (Å²) >= 11 is 0. The normalized spacial score (nSPS) is 24.4. The zero-order chi connectivity index (χ0) is 15.8. The molecule has 4 rings (SSSR count). The van der Waals surface area contributed by atoms with E-state index in [2.05, 4.69) is 19.8 Å². The van der Waals surface area contributed by atoms with E-state index in [9.17, 15) is 9.18 Å². The minimum atomic E-state index is -0.218. The molecule has 1 aliphatic carbocycles. The highest BCUT2D eigenvalue weighted by molar-refractivity contribution is 6.16. The molecule has 1 aromatic carbocycles. The number of piperazine rings is 1. The lowest BCUT2D eigenvalue weighted by Gasteiger charge is -2.37. The molecule has 1 amide bonds. The predicted octanol–water partition coefficient (Wildman–Crippen LogP) is 2.08. The van der Waals surface area contributed by atoms with Crippen molar-refractivity contribution in [3.05, 3.63) is 30.1 Å². The lowest BCUT2D eigenvalue weighted by molar-refractivity contribution is -0.119. The summed E-state index contributed by atoms with van der Waals surface area (Å²) in [7, 11) is 0. The quantitative estimate of drug-likeness (QED) is 0.797. The van der Waals surface area contributed by atoms with Crippen LogP contribution in [0.4, 0.5) is 10.1 Å². The van der Waals surface area contributed by atoms with Crippen molar-refractivity contribution in [1.29, 1.82) is 0 Å². The van der Waals surface area contributed by atoms with Crippen LogP contribution in [0.1, 0.15) is 19.3 Å². The van der Waals surface area contributed by atoms with Crippen LogP contribution in [0.2, 0.25) is 0 Å². The summed E-state index contributed by atoms with van der Waals surface area (Å²) in [5.41, 5.74) is 2.04. The third-order valence-corrected chi connectivity index (χ3v) is 4.83. The number of hydrogen-bond acceptors (Lipinski definition) is 4. The van der Waals surface area contributed by atoms with Gasteiger partial charge < -0.3 is 9.80 Å². The van der Waals surface area contributed by atoms with Gasteiger partial charge in [0.1, 0.15) is 5.82 Å². The van der Waals surface area contributed by atoms with Crippen molar-refractivity contribution in [3.63, 3.8) is 0 Å². The molecule has 3 aliphatic rings. The second kappa shape index (κ2) is 5.76. The lowest BCUT2D eigenvalue weighted by atomic mass is 10.1. The van der Waals surface area contributed by atoms with Crippen molar-refractivity contribution in [2.24, 2.45) is 15.9 Å². The Kier molecular flexibility index (Phi) is 3.59. The van der Waals surface area contributed by atoms with Gasteiger partial charge in [-0.2, -0.15) is 4.99 Å². The first kappa shape index (κ1) is 14.4. The average molecular weight is 314 g/mol. The number of benzene rings is 1. The highest BCUT2D eigenvalue weighted by Gasteiger charge is 2.34. The number of hydrogen-bond donors (Lipinski definition) is 0. The van der Waals surface area contributed by atoms with Crippen LogP contribution in [-0.2, 0) is 4.79 Å². The number of guanidine groups is 1. The molecule has 1 aromatic rings. The van der Waals surface area contributed by atoms with E-state index >= 15 is 0 Å². The molecule has 0 N–H and O–H groups in total. The van der Waals surface area contributed by atoms with E-state index in [1.807, 2.05) is 0 Å². The van der Waals surface area contributed by atoms with Crippen LogP contribution >= 0.6 is 0 Å². The van der Waals surface area contributed by atoms with Gasteiger partial charge in [-0.15, -0.1) is 0 Å². The van der Waals surface area contributed by atoms with Gasteiger partial charge in [-0.25, -0.2) is 9.38 Å². The van der Waals surface area contributed by atoms with E-state index in [1.165, 1.54) is 12.1 Å². The second-order valence-corrected chi connectivity index (χ2v) is 6.25. The monoisotopic (exact) mass is 314 g/mol. The Labute approximate surface area is 134 Å². The minimum absolute atomic E-state index is 0.0246. The van der Waals surface area contributed by atoms with Crippen molar-refractivity contribution in [2.45, 2.75) is 19.3 Å². The molecular weight excluding hydrogens is 295 g/mol. The number of nitrogens with zero attached hydrogens (tertiary/aromatic N) is 4. The summed E-state index contributed by atoms with van der Waals surface area (Å²) in [4.78, 5) is 25.2. The highest BCUT2D eigenvalue weighted by Crippen LogP contribution is 2.27. The fraction of sp³-hybridized carbons (Fsp3) is 0.471. The average Bonchev–Trinajstić information content (AvgIpc) is 3.05. The Morgan fingerprint density at radius 2 is 1.70 bits per heavy atom. The number of carbonyl (C=O) groups excluding carboxylic acids is 1. The Bertz CT molecular complexity index is 674. The van der Waals surface area contributed by atoms with Gasteiger partial charge in [0.2, 0.25) is 5.96 Å². The van der Waals surface area contributed by atoms with Crippen LogP contribution in [0.15, 0.2) is 34.3 Å². The maximum absolute atomic E-state index is 13.0. The van der Waals surface area contributed by atoms with Gasteiger partial charge in [0, 0.05) is 37.6 Å². The summed E-state index contributed by atoms with van der Waals surface area (Å²) in [6, 6.07) is 6.57. The third kappa shape index (κ3) is 2.73. The molecule has 5 nitrogen and oxygen atoms in total. The lowest BCUT2D eigenvalue weighted by Crippen LogP contribution is -2.49. The molecule has 120 valence electrons. The molecule has 0 spiro atoms. The van der Waals surface area contributed by atoms with Crippen LogP contribution in [0.3, 0.4) is 0 Å². The van der Waals surface area contributed by atoms with Gasteiger partial charge >= 0.3 is 0 Å². The molecule has 6 heteroatoms. The molecule has 2 heterocycles. The fourth-order valence-corrected chi connectivity index (χ4v) is 3.52. The first-order valence-electron chi connectivity index (χ1n) is 8.16. The molecule has 2 aliphatic heterocycles. The zero-order valence-electron chi connectivity index (χ0n) is 12.9. The third-order valence-electron chi connectivity index (χ3n) is 4.83. The van der Waals surface area contributed by atoms with Crippen molar-refractivity contribution in [3.8, 4) is 0 Å². The molecule has 1 saturated carbocycles. The molecule has 2 fully saturated rings. The van der Waals surface area contributed by atoms with E-state index in [0.717, 1.165) is 56.8 Å². The van der Waals surface area contributed by atoms with E-state index in [0.29, 0.717) is 5.96 Å². The van der Waals surface area contributed by atoms with Gasteiger partial charge in [0.25, 0.3) is 5.91 Å². The van der Waals surface area contributed by atoms with Gasteiger partial charge in [-0.1, -0.05) is 0 Å². The van der Waals surface area contributed by atoms with Gasteiger partial charge in [-0.05, 0) is 43.5 Å². The number of anilines is 1. The number of rotatable bonds is 1. The highest BCUT2D eigenvalue weighted by atomic mass is 19.1. The van der Waals surface area contributed by atoms with Crippen LogP contribution in [-0.4, -0.2) is 48.7 Å². The van der Waals surface area contributed by atoms with Crippen molar-refractivity contribution in [2.75, 3.05) is 31.1 Å². The zero-order valence-corrected chi connectivity index (χ0v) is 12.9. The minimum Gasteiger partial charge on any atom is -0.368 e. The number of halogens is 1. The van der Waals surface area contributed by atoms with E-state index in [1.54, 1.807) is 12.1 Å². The second-order valence-electron chi connectivity index (χ2n) is 6.25. The standard InChI is InChI=1S/C17H19FN4O/c18-12-4-6-13(7-5-12)21-8-10-22(11-9-21)17-19-15-3-1-2-14(15)16(23)20-17/h4-7,14H,1-3,8-11H2. The first-order valence-corrected chi connectivity index (χ1v) is 8.16. The summed E-state index contributed by atoms with van der Waals surface area (Å²) in [5, 5.41) is 0. The van der Waals surface area contributed by atoms with Crippen LogP contribution in [0, 0.1) is 11.7 Å². The van der Waals surface area contributed by atoms with Crippen LogP contribution in [0.5, 0.6) is 0 Å². The molecule has 0 bridgehead atoms. The molecule has 0 radical (unpaired) electrons. The smallest absolute Gasteiger partial charge is 0.257 e. The summed E-state index contributed by atoms with van der Waals surface area (Å²) in [6.45, 7) is 3.16. The van der Waals surface area contributed by atoms with Crippen molar-refractivity contribution >= 4 is 23.3 Å². The largest absolute Gasteiger partial charge is 0.368 e. The fourth-order valence-electron chi connectivity index (χ4n) is 3.52. The Balaban J connectivity index is 1.44. The van der Waals surface area contributed by atoms with Gasteiger partial charge in [-0.3, -0.25) is 4.79 Å². The number of amides is 1. The molecule has 0 aromatic heterocycles. The van der Waals surface area contributed by atoms with E-state index in [-0.39, 0.29) is 17.6 Å². The topological polar surface area (TPSA) is 48.3 Å². The Morgan fingerprint density at radius 1 is 1.00 bits per heavy atom. The van der Waals surface area contributed by atoms with Crippen molar-refractivity contribution < 1.29 is 9.18 Å². The summed E-state index contributed by atoms with van der Waals surface area (Å²) in [5.74, 6) is 0.286. The molecule has 1 saturated heterocycles. The van der Waals surface area contributed by atoms with E-state index < -0.39 is 0 Å². The maximum atomic E-state index is 13.0. The maximum Gasteiger partial charge on any atom is 0.257 e. The summed E-state index contributed by atoms with van der Waals surface area (Å²) in [6.07, 6.45) is 2.86.